The van der Waals surface area contributed by atoms with Gasteiger partial charge in [-0.15, -0.1) is 0 Å². The lowest BCUT2D eigenvalue weighted by Crippen LogP contribution is -2.41. The highest BCUT2D eigenvalue weighted by Gasteiger charge is 2.39. The van der Waals surface area contributed by atoms with Gasteiger partial charge >= 0.3 is 0 Å². The molecule has 208 valence electrons. The maximum absolute atomic E-state index is 13.8. The molecule has 0 aromatic heterocycles. The quantitative estimate of drug-likeness (QED) is 0.262. The maximum atomic E-state index is 13.8. The van der Waals surface area contributed by atoms with Gasteiger partial charge in [0.05, 0.1) is 17.6 Å². The van der Waals surface area contributed by atoms with Crippen LogP contribution >= 0.6 is 43.6 Å². The van der Waals surface area contributed by atoms with E-state index in [2.05, 4.69) is 31.9 Å². The normalized spacial score (nSPS) is 21.2. The van der Waals surface area contributed by atoms with E-state index >= 15 is 0 Å². The van der Waals surface area contributed by atoms with Gasteiger partial charge in [-0.1, -0.05) is 82.5 Å². The number of amidine groups is 1. The van der Waals surface area contributed by atoms with Gasteiger partial charge in [-0.2, -0.15) is 0 Å². The lowest BCUT2D eigenvalue weighted by atomic mass is 9.94. The van der Waals surface area contributed by atoms with Crippen molar-refractivity contribution < 1.29 is 14.3 Å². The summed E-state index contributed by atoms with van der Waals surface area (Å²) < 4.78 is 14.0. The van der Waals surface area contributed by atoms with Crippen LogP contribution in [0.3, 0.4) is 0 Å². The number of hydrogen-bond acceptors (Lipinski definition) is 5. The Morgan fingerprint density at radius 3 is 2.31 bits per heavy atom. The molecule has 3 fully saturated rings. The monoisotopic (exact) mass is 674 g/mol. The van der Waals surface area contributed by atoms with Crippen molar-refractivity contribution >= 4 is 60.8 Å². The Balaban J connectivity index is 1.41. The number of carbonyl (C=O) groups excluding carboxylic acids is 1. The van der Waals surface area contributed by atoms with Gasteiger partial charge in [0.25, 0.3) is 5.91 Å². The number of carbonyl (C=O) groups is 1. The van der Waals surface area contributed by atoms with E-state index < -0.39 is 0 Å². The van der Waals surface area contributed by atoms with Crippen molar-refractivity contribution in [1.29, 1.82) is 0 Å². The molecule has 8 heteroatoms. The fraction of sp³-hybridized carbons (Fsp3) is 0.484. The van der Waals surface area contributed by atoms with E-state index in [1.165, 1.54) is 38.5 Å². The molecule has 5 rings (SSSR count). The van der Waals surface area contributed by atoms with Crippen molar-refractivity contribution in [3.05, 3.63) is 61.4 Å². The topological polar surface area (TPSA) is 51.1 Å². The Kier molecular flexibility index (Phi) is 10.1. The zero-order valence-corrected chi connectivity index (χ0v) is 26.5. The van der Waals surface area contributed by atoms with Crippen LogP contribution in [0.25, 0.3) is 6.08 Å². The fourth-order valence-corrected chi connectivity index (χ4v) is 7.33. The molecule has 2 aromatic carbocycles. The predicted molar refractivity (Wildman–Crippen MR) is 167 cm³/mol. The van der Waals surface area contributed by atoms with Gasteiger partial charge < -0.3 is 9.47 Å². The summed E-state index contributed by atoms with van der Waals surface area (Å²) in [4.78, 5) is 21.7. The Morgan fingerprint density at radius 1 is 0.949 bits per heavy atom. The van der Waals surface area contributed by atoms with Crippen molar-refractivity contribution in [2.45, 2.75) is 89.8 Å². The molecule has 5 nitrogen and oxygen atoms in total. The van der Waals surface area contributed by atoms with Crippen LogP contribution in [0.4, 0.5) is 0 Å². The van der Waals surface area contributed by atoms with Crippen molar-refractivity contribution in [2.24, 2.45) is 4.99 Å². The van der Waals surface area contributed by atoms with Crippen LogP contribution in [-0.4, -0.2) is 34.7 Å². The van der Waals surface area contributed by atoms with Gasteiger partial charge in [0.15, 0.2) is 16.7 Å². The second-order valence-electron chi connectivity index (χ2n) is 10.4. The number of aliphatic imine (C=N–C) groups is 1. The molecule has 0 spiro atoms. The van der Waals surface area contributed by atoms with E-state index in [1.54, 1.807) is 11.8 Å². The predicted octanol–water partition coefficient (Wildman–Crippen LogP) is 9.13. The highest BCUT2D eigenvalue weighted by Crippen LogP contribution is 2.41. The number of benzene rings is 2. The van der Waals surface area contributed by atoms with Crippen LogP contribution in [0.2, 0.25) is 0 Å². The molecule has 1 saturated heterocycles. The Labute approximate surface area is 253 Å². The third kappa shape index (κ3) is 7.31. The minimum absolute atomic E-state index is 0.0851. The summed E-state index contributed by atoms with van der Waals surface area (Å²) in [5, 5.41) is 0.903. The van der Waals surface area contributed by atoms with Gasteiger partial charge in [0.2, 0.25) is 0 Å². The van der Waals surface area contributed by atoms with Crippen LogP contribution in [0.5, 0.6) is 11.5 Å². The third-order valence-electron chi connectivity index (χ3n) is 7.60. The zero-order chi connectivity index (χ0) is 27.2. The number of thioether (sulfide) groups is 1. The molecule has 1 heterocycles. The summed E-state index contributed by atoms with van der Waals surface area (Å²) in [5.74, 6) is 1.42. The largest absolute Gasteiger partial charge is 0.490 e. The summed E-state index contributed by atoms with van der Waals surface area (Å²) in [6.07, 6.45) is 13.7. The summed E-state index contributed by atoms with van der Waals surface area (Å²) in [7, 11) is 0. The number of rotatable bonds is 8. The summed E-state index contributed by atoms with van der Waals surface area (Å²) in [6.45, 7) is 2.92. The molecule has 0 atom stereocenters. The van der Waals surface area contributed by atoms with Crippen molar-refractivity contribution in [2.75, 3.05) is 6.61 Å². The molecule has 0 bridgehead atoms. The number of hydrogen-bond donors (Lipinski definition) is 0. The molecule has 0 radical (unpaired) electrons. The first kappa shape index (κ1) is 28.7. The Hall–Kier alpha value is -1.77. The van der Waals surface area contributed by atoms with E-state index in [-0.39, 0.29) is 11.9 Å². The first-order valence-corrected chi connectivity index (χ1v) is 16.6. The van der Waals surface area contributed by atoms with E-state index in [9.17, 15) is 4.79 Å². The lowest BCUT2D eigenvalue weighted by molar-refractivity contribution is -0.124. The maximum Gasteiger partial charge on any atom is 0.267 e. The minimum Gasteiger partial charge on any atom is -0.490 e. The van der Waals surface area contributed by atoms with Gasteiger partial charge in [-0.3, -0.25) is 14.7 Å². The Bertz CT molecular complexity index is 1220. The summed E-state index contributed by atoms with van der Waals surface area (Å²) in [5.41, 5.74) is 1.97. The summed E-state index contributed by atoms with van der Waals surface area (Å²) in [6, 6.07) is 12.6. The smallest absolute Gasteiger partial charge is 0.267 e. The molecule has 39 heavy (non-hydrogen) atoms. The van der Waals surface area contributed by atoms with Crippen LogP contribution in [0.1, 0.15) is 82.3 Å². The Morgan fingerprint density at radius 2 is 1.62 bits per heavy atom. The molecule has 1 amide bonds. The van der Waals surface area contributed by atoms with Crippen LogP contribution in [0, 0.1) is 0 Å². The van der Waals surface area contributed by atoms with Gasteiger partial charge in [0, 0.05) is 15.0 Å². The van der Waals surface area contributed by atoms with E-state index in [4.69, 9.17) is 14.5 Å². The second-order valence-corrected chi connectivity index (χ2v) is 13.2. The van der Waals surface area contributed by atoms with Crippen molar-refractivity contribution in [3.8, 4) is 11.5 Å². The molecule has 2 aromatic rings. The van der Waals surface area contributed by atoms with Crippen LogP contribution in [0.15, 0.2) is 55.2 Å². The van der Waals surface area contributed by atoms with Gasteiger partial charge in [-0.25, -0.2) is 0 Å². The van der Waals surface area contributed by atoms with E-state index in [1.807, 2.05) is 54.3 Å². The average Bonchev–Trinajstić information content (AvgIpc) is 3.25. The van der Waals surface area contributed by atoms with Crippen LogP contribution < -0.4 is 9.47 Å². The highest BCUT2D eigenvalue weighted by atomic mass is 79.9. The first-order chi connectivity index (χ1) is 19.0. The lowest BCUT2D eigenvalue weighted by Gasteiger charge is -2.31. The zero-order valence-electron chi connectivity index (χ0n) is 22.5. The third-order valence-corrected chi connectivity index (χ3v) is 9.81. The molecular formula is C31H36Br2N2O3S. The molecule has 0 unspecified atom stereocenters. The molecule has 2 aliphatic carbocycles. The number of amides is 1. The van der Waals surface area contributed by atoms with Crippen molar-refractivity contribution in [1.82, 2.24) is 4.90 Å². The SMILES string of the molecule is CCOc1cc(C=C2SC(=NC3CCCCC3)N(C3CCCCC3)C2=O)c(Br)cc1OCc1ccc(Br)cc1. The fourth-order valence-electron chi connectivity index (χ4n) is 5.53. The minimum atomic E-state index is 0.0851. The van der Waals surface area contributed by atoms with E-state index in [0.29, 0.717) is 30.8 Å². The van der Waals surface area contributed by atoms with Gasteiger partial charge in [-0.05, 0) is 85.8 Å². The highest BCUT2D eigenvalue weighted by molar-refractivity contribution is 9.10. The molecular weight excluding hydrogens is 640 g/mol. The standard InChI is InChI=1S/C31H36Br2N2O3S/c1-2-37-27-17-22(26(33)19-28(27)38-20-21-13-15-23(32)16-14-21)18-29-30(36)35(25-11-7-4-8-12-25)31(39-29)34-24-9-5-3-6-10-24/h13-19,24-25H,2-12,20H2,1H3. The second kappa shape index (κ2) is 13.7. The van der Waals surface area contributed by atoms with Crippen molar-refractivity contribution in [3.63, 3.8) is 0 Å². The molecule has 1 aliphatic heterocycles. The summed E-state index contributed by atoms with van der Waals surface area (Å²) >= 11 is 8.75. The number of ether oxygens (including phenoxy) is 2. The molecule has 2 saturated carbocycles. The number of halogens is 2. The molecule has 3 aliphatic rings. The van der Waals surface area contributed by atoms with E-state index in [0.717, 1.165) is 55.8 Å². The first-order valence-electron chi connectivity index (χ1n) is 14.2. The van der Waals surface area contributed by atoms with Gasteiger partial charge in [0.1, 0.15) is 6.61 Å². The average molecular weight is 677 g/mol. The van der Waals surface area contributed by atoms with Crippen LogP contribution in [-0.2, 0) is 11.4 Å². The number of nitrogens with zero attached hydrogens (tertiary/aromatic N) is 2. The molecule has 0 N–H and O–H groups in total.